The van der Waals surface area contributed by atoms with Crippen molar-refractivity contribution in [2.24, 2.45) is 11.3 Å². The maximum absolute atomic E-state index is 13.9. The highest BCUT2D eigenvalue weighted by Gasteiger charge is 2.69. The molecular weight excluding hydrogens is 471 g/mol. The number of carboxylic acids is 1. The van der Waals surface area contributed by atoms with Gasteiger partial charge in [0.15, 0.2) is 0 Å². The van der Waals surface area contributed by atoms with Crippen LogP contribution in [0.1, 0.15) is 67.8 Å². The van der Waals surface area contributed by atoms with Crippen LogP contribution in [0, 0.1) is 18.3 Å². The number of benzene rings is 1. The highest BCUT2D eigenvalue weighted by atomic mass is 19.4. The number of nitrogens with zero attached hydrogens (tertiary/aromatic N) is 2. The van der Waals surface area contributed by atoms with Crippen molar-refractivity contribution in [3.8, 4) is 0 Å². The predicted molar refractivity (Wildman–Crippen MR) is 127 cm³/mol. The van der Waals surface area contributed by atoms with Gasteiger partial charge in [0.2, 0.25) is 5.91 Å². The monoisotopic (exact) mass is 501 g/mol. The lowest BCUT2D eigenvalue weighted by atomic mass is 9.87. The average molecular weight is 502 g/mol. The van der Waals surface area contributed by atoms with Gasteiger partial charge in [0.1, 0.15) is 11.9 Å². The van der Waals surface area contributed by atoms with Crippen LogP contribution in [-0.4, -0.2) is 39.0 Å². The number of rotatable bonds is 5. The summed E-state index contributed by atoms with van der Waals surface area (Å²) in [4.78, 5) is 32.4. The molecule has 1 aromatic carbocycles. The summed E-state index contributed by atoms with van der Waals surface area (Å²) < 4.78 is 40.6. The molecule has 2 N–H and O–H groups in total. The molecule has 3 atom stereocenters. The van der Waals surface area contributed by atoms with Crippen LogP contribution in [0.15, 0.2) is 42.5 Å². The molecule has 0 radical (unpaired) electrons. The van der Waals surface area contributed by atoms with E-state index in [9.17, 15) is 27.9 Å². The first-order valence-corrected chi connectivity index (χ1v) is 12.5. The maximum atomic E-state index is 13.9. The van der Waals surface area contributed by atoms with Gasteiger partial charge in [-0.15, -0.1) is 0 Å². The fourth-order valence-electron chi connectivity index (χ4n) is 6.29. The Morgan fingerprint density at radius 2 is 1.75 bits per heavy atom. The molecule has 0 bridgehead atoms. The number of aliphatic carboxylic acids is 1. The first-order valence-electron chi connectivity index (χ1n) is 12.5. The molecule has 2 aromatic rings. The van der Waals surface area contributed by atoms with E-state index >= 15 is 0 Å². The Labute approximate surface area is 207 Å². The highest BCUT2D eigenvalue weighted by Crippen LogP contribution is 2.63. The number of hydrogen-bond acceptors (Lipinski definition) is 4. The average Bonchev–Trinajstić information content (AvgIpc) is 3.58. The van der Waals surface area contributed by atoms with Gasteiger partial charge in [-0.2, -0.15) is 13.2 Å². The minimum absolute atomic E-state index is 0.0376. The minimum Gasteiger partial charge on any atom is -0.480 e. The van der Waals surface area contributed by atoms with Crippen LogP contribution in [-0.2, 0) is 15.8 Å². The Morgan fingerprint density at radius 1 is 1.08 bits per heavy atom. The van der Waals surface area contributed by atoms with Crippen molar-refractivity contribution in [3.63, 3.8) is 0 Å². The van der Waals surface area contributed by atoms with Crippen molar-refractivity contribution in [2.75, 3.05) is 5.32 Å². The van der Waals surface area contributed by atoms with Gasteiger partial charge in [-0.05, 0) is 50.3 Å². The minimum atomic E-state index is -4.54. The molecule has 1 spiro atoms. The molecule has 36 heavy (non-hydrogen) atoms. The number of carbonyl (C=O) groups excluding carboxylic acids is 1. The van der Waals surface area contributed by atoms with Crippen LogP contribution in [0.2, 0.25) is 0 Å². The third-order valence-electron chi connectivity index (χ3n) is 8.05. The van der Waals surface area contributed by atoms with Crippen LogP contribution in [0.3, 0.4) is 0 Å². The number of likely N-dealkylation sites (tertiary alicyclic amines) is 1. The molecule has 1 aromatic heterocycles. The summed E-state index contributed by atoms with van der Waals surface area (Å²) in [6, 6.07) is 8.87. The molecule has 5 rings (SSSR count). The summed E-state index contributed by atoms with van der Waals surface area (Å²) in [5, 5.41) is 13.6. The largest absolute Gasteiger partial charge is 0.480 e. The van der Waals surface area contributed by atoms with E-state index in [1.54, 1.807) is 4.90 Å². The summed E-state index contributed by atoms with van der Waals surface area (Å²) in [5.41, 5.74) is -0.628. The topological polar surface area (TPSA) is 82.5 Å². The van der Waals surface area contributed by atoms with E-state index < -0.39 is 41.2 Å². The van der Waals surface area contributed by atoms with Crippen LogP contribution in [0.25, 0.3) is 0 Å². The van der Waals surface area contributed by atoms with Gasteiger partial charge in [0, 0.05) is 17.0 Å². The molecule has 1 saturated heterocycles. The number of hydrogen-bond donors (Lipinski definition) is 2. The van der Waals surface area contributed by atoms with Crippen LogP contribution in [0.5, 0.6) is 0 Å². The van der Waals surface area contributed by atoms with Crippen molar-refractivity contribution in [1.29, 1.82) is 0 Å². The normalized spacial score (nSPS) is 25.7. The first-order chi connectivity index (χ1) is 17.1. The Balaban J connectivity index is 1.60. The number of aromatic nitrogens is 1. The zero-order valence-electron chi connectivity index (χ0n) is 20.1. The van der Waals surface area contributed by atoms with Gasteiger partial charge < -0.3 is 15.3 Å². The molecule has 2 saturated carbocycles. The number of carbonyl (C=O) groups is 2. The molecule has 0 unspecified atom stereocenters. The van der Waals surface area contributed by atoms with E-state index in [2.05, 4.69) is 10.3 Å². The highest BCUT2D eigenvalue weighted by molar-refractivity contribution is 5.88. The molecule has 1 aliphatic heterocycles. The lowest BCUT2D eigenvalue weighted by Gasteiger charge is -2.34. The summed E-state index contributed by atoms with van der Waals surface area (Å²) in [6.07, 6.45) is 0.960. The first kappa shape index (κ1) is 24.6. The smallest absolute Gasteiger partial charge is 0.416 e. The summed E-state index contributed by atoms with van der Waals surface area (Å²) in [6.45, 7) is 1.50. The number of anilines is 1. The van der Waals surface area contributed by atoms with Crippen LogP contribution >= 0.6 is 0 Å². The van der Waals surface area contributed by atoms with Gasteiger partial charge in [-0.25, -0.2) is 9.78 Å². The summed E-state index contributed by atoms with van der Waals surface area (Å²) in [7, 11) is 0. The maximum Gasteiger partial charge on any atom is 0.416 e. The van der Waals surface area contributed by atoms with E-state index in [0.29, 0.717) is 12.8 Å². The summed E-state index contributed by atoms with van der Waals surface area (Å²) in [5.74, 6) is -1.44. The van der Waals surface area contributed by atoms with Gasteiger partial charge in [-0.1, -0.05) is 49.6 Å². The van der Waals surface area contributed by atoms with Crippen molar-refractivity contribution in [2.45, 2.75) is 76.2 Å². The Kier molecular flexibility index (Phi) is 6.21. The van der Waals surface area contributed by atoms with E-state index in [1.807, 2.05) is 30.3 Å². The molecule has 9 heteroatoms. The third kappa shape index (κ3) is 4.33. The number of alkyl halides is 3. The van der Waals surface area contributed by atoms with Crippen molar-refractivity contribution >= 4 is 17.7 Å². The lowest BCUT2D eigenvalue weighted by Crippen LogP contribution is -2.47. The number of nitrogens with one attached hydrogen (secondary N) is 1. The number of halogens is 3. The van der Waals surface area contributed by atoms with Gasteiger partial charge in [-0.3, -0.25) is 4.79 Å². The van der Waals surface area contributed by atoms with Gasteiger partial charge in [0.05, 0.1) is 17.6 Å². The van der Waals surface area contributed by atoms with Crippen molar-refractivity contribution in [3.05, 3.63) is 59.3 Å². The van der Waals surface area contributed by atoms with Crippen molar-refractivity contribution < 1.29 is 27.9 Å². The second kappa shape index (κ2) is 9.09. The molecule has 192 valence electrons. The zero-order chi connectivity index (χ0) is 25.7. The number of carboxylic acid groups (broad SMARTS) is 1. The second-order valence-corrected chi connectivity index (χ2v) is 10.4. The third-order valence-corrected chi connectivity index (χ3v) is 8.05. The lowest BCUT2D eigenvalue weighted by molar-refractivity contribution is -0.153. The second-order valence-electron chi connectivity index (χ2n) is 10.4. The molecular formula is C27H30F3N3O3. The summed E-state index contributed by atoms with van der Waals surface area (Å²) >= 11 is 0. The molecule has 3 fully saturated rings. The van der Waals surface area contributed by atoms with Crippen LogP contribution in [0.4, 0.5) is 19.0 Å². The van der Waals surface area contributed by atoms with E-state index in [4.69, 9.17) is 0 Å². The Hall–Kier alpha value is -3.10. The predicted octanol–water partition coefficient (Wildman–Crippen LogP) is 5.59. The molecule has 1 amide bonds. The van der Waals surface area contributed by atoms with E-state index in [1.165, 1.54) is 6.92 Å². The van der Waals surface area contributed by atoms with Gasteiger partial charge >= 0.3 is 12.1 Å². The number of aryl methyl sites for hydroxylation is 1. The SMILES string of the molecule is Cc1cc(C(F)(F)F)cc(N[C@H]2[C@@H](c3ccccc3)N(C(=O)C3CCCCC3)[C@@H](C(=O)O)C23CC3)n1. The standard InChI is InChI=1S/C27H30F3N3O3/c1-16-14-19(27(28,29)30)15-20(31-16)32-22-21(17-8-4-2-5-9-17)33(23(25(35)36)26(22)12-13-26)24(34)18-10-6-3-7-11-18/h2,4-5,8-9,14-15,18,21-23H,3,6-7,10-13H2,1H3,(H,31,32)(H,35,36)/t21-,22+,23+/m1/s1. The van der Waals surface area contributed by atoms with E-state index in [-0.39, 0.29) is 23.3 Å². The molecule has 2 heterocycles. The van der Waals surface area contributed by atoms with Crippen LogP contribution < -0.4 is 5.32 Å². The zero-order valence-corrected chi connectivity index (χ0v) is 20.1. The number of pyridine rings is 1. The molecule has 3 aliphatic rings. The number of amides is 1. The molecule has 6 nitrogen and oxygen atoms in total. The van der Waals surface area contributed by atoms with E-state index in [0.717, 1.165) is 49.8 Å². The quantitative estimate of drug-likeness (QED) is 0.559. The molecule has 2 aliphatic carbocycles. The van der Waals surface area contributed by atoms with Crippen molar-refractivity contribution in [1.82, 2.24) is 9.88 Å². The Morgan fingerprint density at radius 3 is 2.33 bits per heavy atom. The van der Waals surface area contributed by atoms with Gasteiger partial charge in [0.25, 0.3) is 0 Å². The Bertz CT molecular complexity index is 1140. The fraction of sp³-hybridized carbons (Fsp3) is 0.519. The fourth-order valence-corrected chi connectivity index (χ4v) is 6.29.